The zero-order valence-electron chi connectivity index (χ0n) is 9.89. The molecule has 80 valence electrons. The average Bonchev–Trinajstić information content (AvgIpc) is 2.24. The molecule has 14 heavy (non-hydrogen) atoms. The van der Waals surface area contributed by atoms with E-state index in [2.05, 4.69) is 27.4 Å². The third kappa shape index (κ3) is 2.70. The van der Waals surface area contributed by atoms with E-state index < -0.39 is 0 Å². The molecule has 1 aliphatic rings. The molecule has 0 heterocycles. The first-order chi connectivity index (χ1) is 6.32. The molecular formula is C13H22O. The maximum Gasteiger partial charge on any atom is 0.130 e. The highest BCUT2D eigenvalue weighted by molar-refractivity contribution is 5.75. The number of carbonyl (C=O) groups is 1. The Morgan fingerprint density at radius 1 is 1.36 bits per heavy atom. The fourth-order valence-electron chi connectivity index (χ4n) is 2.86. The van der Waals surface area contributed by atoms with Crippen molar-refractivity contribution in [1.82, 2.24) is 0 Å². The third-order valence-electron chi connectivity index (χ3n) is 3.34. The SMILES string of the molecule is C=C(C)[C@@H]1CC(C)(C)C[C@@H]1CC(C)=O. The molecule has 1 saturated carbocycles. The van der Waals surface area contributed by atoms with Crippen LogP contribution in [0.3, 0.4) is 0 Å². The number of Topliss-reactive ketones (excluding diaryl/α,β-unsaturated/α-hetero) is 1. The predicted octanol–water partition coefficient (Wildman–Crippen LogP) is 3.59. The predicted molar refractivity (Wildman–Crippen MR) is 60.1 cm³/mol. The molecule has 0 bridgehead atoms. The van der Waals surface area contributed by atoms with Crippen LogP contribution in [0.4, 0.5) is 0 Å². The van der Waals surface area contributed by atoms with Crippen LogP contribution in [0.5, 0.6) is 0 Å². The zero-order valence-corrected chi connectivity index (χ0v) is 9.89. The van der Waals surface area contributed by atoms with Gasteiger partial charge in [0, 0.05) is 6.42 Å². The van der Waals surface area contributed by atoms with Crippen LogP contribution in [-0.2, 0) is 4.79 Å². The lowest BCUT2D eigenvalue weighted by atomic mass is 9.87. The van der Waals surface area contributed by atoms with Crippen molar-refractivity contribution < 1.29 is 4.79 Å². The van der Waals surface area contributed by atoms with Crippen molar-refractivity contribution in [2.75, 3.05) is 0 Å². The minimum atomic E-state index is 0.318. The van der Waals surface area contributed by atoms with Crippen LogP contribution >= 0.6 is 0 Å². The zero-order chi connectivity index (χ0) is 10.9. The topological polar surface area (TPSA) is 17.1 Å². The van der Waals surface area contributed by atoms with Crippen molar-refractivity contribution in [2.45, 2.75) is 47.0 Å². The molecule has 0 aromatic carbocycles. The average molecular weight is 194 g/mol. The van der Waals surface area contributed by atoms with Gasteiger partial charge in [-0.05, 0) is 43.9 Å². The van der Waals surface area contributed by atoms with Crippen molar-refractivity contribution in [3.8, 4) is 0 Å². The monoisotopic (exact) mass is 194 g/mol. The first kappa shape index (κ1) is 11.5. The molecule has 1 aliphatic carbocycles. The molecular weight excluding hydrogens is 172 g/mol. The van der Waals surface area contributed by atoms with E-state index in [0.29, 0.717) is 23.0 Å². The number of hydrogen-bond donors (Lipinski definition) is 0. The van der Waals surface area contributed by atoms with Crippen LogP contribution < -0.4 is 0 Å². The van der Waals surface area contributed by atoms with Crippen LogP contribution in [-0.4, -0.2) is 5.78 Å². The summed E-state index contributed by atoms with van der Waals surface area (Å²) in [6.07, 6.45) is 3.10. The Kier molecular flexibility index (Phi) is 3.18. The summed E-state index contributed by atoms with van der Waals surface area (Å²) in [5.74, 6) is 1.42. The Balaban J connectivity index is 2.72. The second kappa shape index (κ2) is 3.88. The second-order valence-electron chi connectivity index (χ2n) is 5.69. The molecule has 0 amide bonds. The van der Waals surface area contributed by atoms with Crippen LogP contribution in [0.25, 0.3) is 0 Å². The highest BCUT2D eigenvalue weighted by Crippen LogP contribution is 2.48. The van der Waals surface area contributed by atoms with Crippen molar-refractivity contribution in [3.05, 3.63) is 12.2 Å². The van der Waals surface area contributed by atoms with Gasteiger partial charge >= 0.3 is 0 Å². The summed E-state index contributed by atoms with van der Waals surface area (Å²) in [7, 11) is 0. The number of hydrogen-bond acceptors (Lipinski definition) is 1. The summed E-state index contributed by atoms with van der Waals surface area (Å²) in [4.78, 5) is 11.1. The van der Waals surface area contributed by atoms with Crippen molar-refractivity contribution >= 4 is 5.78 Å². The van der Waals surface area contributed by atoms with Gasteiger partial charge in [-0.25, -0.2) is 0 Å². The highest BCUT2D eigenvalue weighted by atomic mass is 16.1. The summed E-state index contributed by atoms with van der Waals surface area (Å²) in [5, 5.41) is 0. The quantitative estimate of drug-likeness (QED) is 0.627. The molecule has 0 aromatic heterocycles. The van der Waals surface area contributed by atoms with Crippen molar-refractivity contribution in [3.63, 3.8) is 0 Å². The molecule has 1 nitrogen and oxygen atoms in total. The number of ketones is 1. The first-order valence-electron chi connectivity index (χ1n) is 5.47. The van der Waals surface area contributed by atoms with E-state index >= 15 is 0 Å². The Labute approximate surface area is 87.6 Å². The van der Waals surface area contributed by atoms with Gasteiger partial charge < -0.3 is 4.79 Å². The number of rotatable bonds is 3. The summed E-state index contributed by atoms with van der Waals surface area (Å²) in [6, 6.07) is 0. The lowest BCUT2D eigenvalue weighted by Gasteiger charge is -2.18. The van der Waals surface area contributed by atoms with Gasteiger partial charge in [0.1, 0.15) is 5.78 Å². The maximum atomic E-state index is 11.1. The molecule has 0 spiro atoms. The van der Waals surface area contributed by atoms with E-state index in [1.54, 1.807) is 6.92 Å². The van der Waals surface area contributed by atoms with Gasteiger partial charge in [-0.2, -0.15) is 0 Å². The normalized spacial score (nSPS) is 30.3. The molecule has 0 aliphatic heterocycles. The van der Waals surface area contributed by atoms with Crippen LogP contribution in [0, 0.1) is 17.3 Å². The molecule has 1 heteroatoms. The molecule has 1 fully saturated rings. The van der Waals surface area contributed by atoms with E-state index in [1.807, 2.05) is 0 Å². The van der Waals surface area contributed by atoms with Gasteiger partial charge in [-0.3, -0.25) is 0 Å². The van der Waals surface area contributed by atoms with E-state index in [4.69, 9.17) is 0 Å². The maximum absolute atomic E-state index is 11.1. The van der Waals surface area contributed by atoms with Gasteiger partial charge in [-0.1, -0.05) is 26.0 Å². The lowest BCUT2D eigenvalue weighted by molar-refractivity contribution is -0.118. The molecule has 1 rings (SSSR count). The minimum absolute atomic E-state index is 0.318. The Morgan fingerprint density at radius 3 is 2.36 bits per heavy atom. The number of allylic oxidation sites excluding steroid dienone is 1. The van der Waals surface area contributed by atoms with Crippen molar-refractivity contribution in [2.24, 2.45) is 17.3 Å². The summed E-state index contributed by atoms with van der Waals surface area (Å²) in [6.45, 7) is 12.4. The van der Waals surface area contributed by atoms with Gasteiger partial charge in [0.2, 0.25) is 0 Å². The number of carbonyl (C=O) groups excluding carboxylic acids is 1. The summed E-state index contributed by atoms with van der Waals surface area (Å²) in [5.41, 5.74) is 1.64. The molecule has 2 atom stereocenters. The molecule has 0 N–H and O–H groups in total. The van der Waals surface area contributed by atoms with E-state index in [1.165, 1.54) is 18.4 Å². The highest BCUT2D eigenvalue weighted by Gasteiger charge is 2.39. The van der Waals surface area contributed by atoms with Gasteiger partial charge in [0.05, 0.1) is 0 Å². The standard InChI is InChI=1S/C13H22O/c1-9(2)12-8-13(4,5)7-11(12)6-10(3)14/h11-12H,1,6-8H2,2-5H3/t11-,12-/m0/s1. The molecule has 0 saturated heterocycles. The smallest absolute Gasteiger partial charge is 0.130 e. The first-order valence-corrected chi connectivity index (χ1v) is 5.47. The van der Waals surface area contributed by atoms with Crippen LogP contribution in [0.15, 0.2) is 12.2 Å². The van der Waals surface area contributed by atoms with Crippen LogP contribution in [0.1, 0.15) is 47.0 Å². The summed E-state index contributed by atoms with van der Waals surface area (Å²) < 4.78 is 0. The Morgan fingerprint density at radius 2 is 1.93 bits per heavy atom. The van der Waals surface area contributed by atoms with Gasteiger partial charge in [0.15, 0.2) is 0 Å². The summed E-state index contributed by atoms with van der Waals surface area (Å²) >= 11 is 0. The molecule has 0 unspecified atom stereocenters. The van der Waals surface area contributed by atoms with E-state index in [9.17, 15) is 4.79 Å². The molecule has 0 radical (unpaired) electrons. The fourth-order valence-corrected chi connectivity index (χ4v) is 2.86. The third-order valence-corrected chi connectivity index (χ3v) is 3.34. The van der Waals surface area contributed by atoms with E-state index in [0.717, 1.165) is 6.42 Å². The largest absolute Gasteiger partial charge is 0.300 e. The second-order valence-corrected chi connectivity index (χ2v) is 5.69. The Hall–Kier alpha value is -0.590. The minimum Gasteiger partial charge on any atom is -0.300 e. The van der Waals surface area contributed by atoms with E-state index in [-0.39, 0.29) is 0 Å². The fraction of sp³-hybridized carbons (Fsp3) is 0.769. The van der Waals surface area contributed by atoms with Crippen LogP contribution in [0.2, 0.25) is 0 Å². The molecule has 0 aromatic rings. The Bertz CT molecular complexity index is 250. The van der Waals surface area contributed by atoms with Crippen molar-refractivity contribution in [1.29, 1.82) is 0 Å². The lowest BCUT2D eigenvalue weighted by Crippen LogP contribution is -2.12. The van der Waals surface area contributed by atoms with Gasteiger partial charge in [-0.15, -0.1) is 0 Å². The van der Waals surface area contributed by atoms with Gasteiger partial charge in [0.25, 0.3) is 0 Å².